The average Bonchev–Trinajstić information content (AvgIpc) is 2.66. The Labute approximate surface area is 177 Å². The van der Waals surface area contributed by atoms with E-state index in [4.69, 9.17) is 4.74 Å². The molecule has 0 aromatic heterocycles. The van der Waals surface area contributed by atoms with Crippen LogP contribution in [0.3, 0.4) is 0 Å². The number of carbonyl (C=O) groups excluding carboxylic acids is 1. The molecule has 1 heterocycles. The molecule has 1 aliphatic rings. The van der Waals surface area contributed by atoms with Gasteiger partial charge in [0.15, 0.2) is 6.04 Å². The summed E-state index contributed by atoms with van der Waals surface area (Å²) in [5.74, 6) is -0.435. The zero-order valence-corrected chi connectivity index (χ0v) is 18.2. The summed E-state index contributed by atoms with van der Waals surface area (Å²) in [5, 5.41) is 9.90. The van der Waals surface area contributed by atoms with Crippen molar-refractivity contribution < 1.29 is 17.9 Å². The van der Waals surface area contributed by atoms with Crippen LogP contribution in [0.5, 0.6) is 0 Å². The number of fused-ring (bicyclic) bond motifs is 1. The number of carbonyl (C=O) groups is 1. The Kier molecular flexibility index (Phi) is 5.73. The standard InChI is InChI=1S/C23H24N2O4S/c1-16-8-10-19(11-9-16)30(27,28)25-13-12-17-6-5-7-18(22(17)20(25)15-24)14-21(26)29-23(2,3)4/h5-13,20H,14H2,1-4H3. The zero-order valence-electron chi connectivity index (χ0n) is 17.4. The van der Waals surface area contributed by atoms with Gasteiger partial charge in [-0.15, -0.1) is 0 Å². The maximum absolute atomic E-state index is 13.2. The first-order chi connectivity index (χ1) is 14.0. The van der Waals surface area contributed by atoms with Crippen LogP contribution in [0.1, 0.15) is 49.1 Å². The van der Waals surface area contributed by atoms with Crippen LogP contribution in [0.4, 0.5) is 0 Å². The van der Waals surface area contributed by atoms with Crippen molar-refractivity contribution in [2.75, 3.05) is 0 Å². The molecule has 2 aromatic carbocycles. The summed E-state index contributed by atoms with van der Waals surface area (Å²) >= 11 is 0. The van der Waals surface area contributed by atoms with Crippen LogP contribution in [0, 0.1) is 18.3 Å². The Balaban J connectivity index is 2.02. The summed E-state index contributed by atoms with van der Waals surface area (Å²) < 4.78 is 32.9. The first kappa shape index (κ1) is 21.6. The predicted octanol–water partition coefficient (Wildman–Crippen LogP) is 4.12. The van der Waals surface area contributed by atoms with Gasteiger partial charge in [0.1, 0.15) is 5.60 Å². The Morgan fingerprint density at radius 2 is 1.83 bits per heavy atom. The van der Waals surface area contributed by atoms with E-state index in [1.54, 1.807) is 57.2 Å². The highest BCUT2D eigenvalue weighted by atomic mass is 32.2. The van der Waals surface area contributed by atoms with Gasteiger partial charge in [0.25, 0.3) is 10.0 Å². The van der Waals surface area contributed by atoms with E-state index in [1.807, 2.05) is 6.92 Å². The lowest BCUT2D eigenvalue weighted by Gasteiger charge is -2.31. The number of esters is 1. The van der Waals surface area contributed by atoms with Crippen molar-refractivity contribution in [3.05, 3.63) is 70.9 Å². The molecule has 1 unspecified atom stereocenters. The molecule has 0 saturated heterocycles. The topological polar surface area (TPSA) is 87.5 Å². The van der Waals surface area contributed by atoms with E-state index < -0.39 is 27.6 Å². The summed E-state index contributed by atoms with van der Waals surface area (Å²) in [6, 6.07) is 12.8. The molecule has 1 aliphatic heterocycles. The van der Waals surface area contributed by atoms with E-state index in [-0.39, 0.29) is 11.3 Å². The van der Waals surface area contributed by atoms with E-state index in [2.05, 4.69) is 6.07 Å². The molecule has 0 fully saturated rings. The second-order valence-corrected chi connectivity index (χ2v) is 10.0. The fourth-order valence-electron chi connectivity index (χ4n) is 3.34. The summed E-state index contributed by atoms with van der Waals surface area (Å²) in [6.07, 6.45) is 3.00. The number of hydrogen-bond donors (Lipinski definition) is 0. The predicted molar refractivity (Wildman–Crippen MR) is 114 cm³/mol. The van der Waals surface area contributed by atoms with E-state index in [1.165, 1.54) is 18.3 Å². The normalized spacial score (nSPS) is 16.0. The Hall–Kier alpha value is -3.11. The Morgan fingerprint density at radius 1 is 1.17 bits per heavy atom. The Morgan fingerprint density at radius 3 is 2.43 bits per heavy atom. The number of rotatable bonds is 4. The minimum absolute atomic E-state index is 0.0507. The van der Waals surface area contributed by atoms with Gasteiger partial charge >= 0.3 is 5.97 Å². The van der Waals surface area contributed by atoms with Gasteiger partial charge in [0.05, 0.1) is 17.4 Å². The molecule has 7 heteroatoms. The van der Waals surface area contributed by atoms with Gasteiger partial charge in [-0.25, -0.2) is 8.42 Å². The monoisotopic (exact) mass is 424 g/mol. The van der Waals surface area contributed by atoms with Crippen molar-refractivity contribution in [1.29, 1.82) is 5.26 Å². The summed E-state index contributed by atoms with van der Waals surface area (Å²) in [5.41, 5.74) is 2.08. The van der Waals surface area contributed by atoms with E-state index >= 15 is 0 Å². The van der Waals surface area contributed by atoms with Crippen LogP contribution in [0.2, 0.25) is 0 Å². The Bertz CT molecular complexity index is 1140. The van der Waals surface area contributed by atoms with Gasteiger partial charge < -0.3 is 4.74 Å². The molecule has 156 valence electrons. The molecule has 0 saturated carbocycles. The van der Waals surface area contributed by atoms with Crippen molar-refractivity contribution in [2.24, 2.45) is 0 Å². The fraction of sp³-hybridized carbons (Fsp3) is 0.304. The van der Waals surface area contributed by atoms with Gasteiger partial charge in [0, 0.05) is 11.8 Å². The van der Waals surface area contributed by atoms with E-state index in [9.17, 15) is 18.5 Å². The van der Waals surface area contributed by atoms with Gasteiger partial charge in [-0.2, -0.15) is 5.26 Å². The second kappa shape index (κ2) is 7.96. The molecule has 2 aromatic rings. The molecule has 3 rings (SSSR count). The summed E-state index contributed by atoms with van der Waals surface area (Å²) in [4.78, 5) is 12.5. The minimum Gasteiger partial charge on any atom is -0.460 e. The smallest absolute Gasteiger partial charge is 0.310 e. The maximum Gasteiger partial charge on any atom is 0.310 e. The first-order valence-electron chi connectivity index (χ1n) is 9.54. The lowest BCUT2D eigenvalue weighted by atomic mass is 9.91. The highest BCUT2D eigenvalue weighted by molar-refractivity contribution is 7.89. The highest BCUT2D eigenvalue weighted by Crippen LogP contribution is 2.36. The van der Waals surface area contributed by atoms with Gasteiger partial charge in [0.2, 0.25) is 0 Å². The molecular formula is C23H24N2O4S. The van der Waals surface area contributed by atoms with Crippen LogP contribution < -0.4 is 0 Å². The van der Waals surface area contributed by atoms with Crippen LogP contribution in [0.15, 0.2) is 53.6 Å². The quantitative estimate of drug-likeness (QED) is 0.689. The third kappa shape index (κ3) is 4.39. The fourth-order valence-corrected chi connectivity index (χ4v) is 4.71. The number of ether oxygens (including phenoxy) is 1. The molecule has 0 amide bonds. The molecular weight excluding hydrogens is 400 g/mol. The molecule has 30 heavy (non-hydrogen) atoms. The number of nitrogens with zero attached hydrogens (tertiary/aromatic N) is 2. The number of hydrogen-bond acceptors (Lipinski definition) is 5. The van der Waals surface area contributed by atoms with Crippen molar-refractivity contribution >= 4 is 22.1 Å². The van der Waals surface area contributed by atoms with Crippen LogP contribution in [-0.4, -0.2) is 24.3 Å². The largest absolute Gasteiger partial charge is 0.460 e. The molecule has 1 atom stereocenters. The third-order valence-corrected chi connectivity index (χ3v) is 6.39. The lowest BCUT2D eigenvalue weighted by Crippen LogP contribution is -2.33. The minimum atomic E-state index is -3.95. The third-order valence-electron chi connectivity index (χ3n) is 4.63. The van der Waals surface area contributed by atoms with Crippen molar-refractivity contribution in [2.45, 2.75) is 50.7 Å². The summed E-state index contributed by atoms with van der Waals surface area (Å²) in [6.45, 7) is 7.21. The number of sulfonamides is 1. The number of nitriles is 1. The molecule has 0 bridgehead atoms. The van der Waals surface area contributed by atoms with Crippen molar-refractivity contribution in [3.63, 3.8) is 0 Å². The molecule has 0 spiro atoms. The van der Waals surface area contributed by atoms with Crippen molar-refractivity contribution in [3.8, 4) is 6.07 Å². The van der Waals surface area contributed by atoms with Gasteiger partial charge in [-0.05, 0) is 57.0 Å². The van der Waals surface area contributed by atoms with Crippen LogP contribution in [0.25, 0.3) is 6.08 Å². The lowest BCUT2D eigenvalue weighted by molar-refractivity contribution is -0.153. The SMILES string of the molecule is Cc1ccc(S(=O)(=O)N2C=Cc3cccc(CC(=O)OC(C)(C)C)c3C2C#N)cc1. The molecule has 0 aliphatic carbocycles. The first-order valence-corrected chi connectivity index (χ1v) is 11.0. The maximum atomic E-state index is 13.2. The average molecular weight is 425 g/mol. The summed E-state index contributed by atoms with van der Waals surface area (Å²) in [7, 11) is -3.95. The van der Waals surface area contributed by atoms with E-state index in [0.29, 0.717) is 16.7 Å². The molecule has 0 N–H and O–H groups in total. The highest BCUT2D eigenvalue weighted by Gasteiger charge is 2.35. The van der Waals surface area contributed by atoms with E-state index in [0.717, 1.165) is 9.87 Å². The van der Waals surface area contributed by atoms with Crippen LogP contribution in [-0.2, 0) is 26.0 Å². The zero-order chi connectivity index (χ0) is 22.1. The van der Waals surface area contributed by atoms with Crippen LogP contribution >= 0.6 is 0 Å². The molecule has 6 nitrogen and oxygen atoms in total. The van der Waals surface area contributed by atoms with Gasteiger partial charge in [-0.3, -0.25) is 9.10 Å². The molecule has 0 radical (unpaired) electrons. The van der Waals surface area contributed by atoms with Gasteiger partial charge in [-0.1, -0.05) is 35.9 Å². The number of aryl methyl sites for hydroxylation is 1. The second-order valence-electron chi connectivity index (χ2n) is 8.18. The van der Waals surface area contributed by atoms with Crippen molar-refractivity contribution in [1.82, 2.24) is 4.31 Å². The number of benzene rings is 2.